The molecule has 1 saturated heterocycles. The summed E-state index contributed by atoms with van der Waals surface area (Å²) in [4.78, 5) is 35.4. The number of ether oxygens (including phenoxy) is 2. The molecule has 0 aliphatic carbocycles. The molecule has 2 aliphatic heterocycles. The predicted octanol–water partition coefficient (Wildman–Crippen LogP) is 5.51. The van der Waals surface area contributed by atoms with Gasteiger partial charge in [0.05, 0.1) is 24.8 Å². The van der Waals surface area contributed by atoms with Crippen LogP contribution in [0.3, 0.4) is 0 Å². The fourth-order valence-electron chi connectivity index (χ4n) is 5.13. The average Bonchev–Trinajstić information content (AvgIpc) is 3.27. The quantitative estimate of drug-likeness (QED) is 0.260. The summed E-state index contributed by atoms with van der Waals surface area (Å²) >= 11 is 5.76. The second kappa shape index (κ2) is 11.1. The van der Waals surface area contributed by atoms with Gasteiger partial charge in [0.2, 0.25) is 0 Å². The number of aromatic nitrogens is 3. The van der Waals surface area contributed by atoms with Crippen molar-refractivity contribution in [2.24, 2.45) is 0 Å². The van der Waals surface area contributed by atoms with Crippen LogP contribution in [0, 0.1) is 5.82 Å². The van der Waals surface area contributed by atoms with E-state index >= 15 is 0 Å². The highest BCUT2D eigenvalue weighted by molar-refractivity contribution is 6.30. The molecule has 43 heavy (non-hydrogen) atoms. The maximum Gasteiger partial charge on any atom is 0.419 e. The van der Waals surface area contributed by atoms with E-state index in [2.05, 4.69) is 9.97 Å². The average molecular weight is 619 g/mol. The van der Waals surface area contributed by atoms with Crippen molar-refractivity contribution in [3.8, 4) is 5.75 Å². The van der Waals surface area contributed by atoms with Gasteiger partial charge in [0, 0.05) is 29.3 Å². The predicted molar refractivity (Wildman–Crippen MR) is 144 cm³/mol. The van der Waals surface area contributed by atoms with Crippen molar-refractivity contribution in [2.75, 3.05) is 13.2 Å². The Morgan fingerprint density at radius 3 is 2.63 bits per heavy atom. The number of carbonyl (C=O) groups excluding carboxylic acids is 1. The summed E-state index contributed by atoms with van der Waals surface area (Å²) in [7, 11) is 0. The fourth-order valence-corrected chi connectivity index (χ4v) is 5.29. The van der Waals surface area contributed by atoms with E-state index in [4.69, 9.17) is 21.1 Å². The minimum Gasteiger partial charge on any atom is -0.488 e. The highest BCUT2D eigenvalue weighted by Crippen LogP contribution is 2.40. The molecule has 0 saturated carbocycles. The fraction of sp³-hybridized carbons (Fsp3) is 0.310. The number of benzene rings is 2. The molecule has 9 nitrogen and oxygen atoms in total. The van der Waals surface area contributed by atoms with E-state index in [1.54, 1.807) is 4.57 Å². The molecule has 0 spiro atoms. The van der Waals surface area contributed by atoms with Gasteiger partial charge in [-0.2, -0.15) is 13.2 Å². The van der Waals surface area contributed by atoms with Crippen LogP contribution in [-0.4, -0.2) is 55.7 Å². The molecule has 224 valence electrons. The van der Waals surface area contributed by atoms with E-state index in [0.717, 1.165) is 24.6 Å². The third-order valence-electron chi connectivity index (χ3n) is 7.48. The van der Waals surface area contributed by atoms with Crippen LogP contribution in [0.15, 0.2) is 42.5 Å². The monoisotopic (exact) mass is 618 g/mol. The van der Waals surface area contributed by atoms with Gasteiger partial charge in [0.1, 0.15) is 29.5 Å². The van der Waals surface area contributed by atoms with Crippen molar-refractivity contribution in [1.29, 1.82) is 0 Å². The van der Waals surface area contributed by atoms with Crippen LogP contribution in [0.2, 0.25) is 5.02 Å². The summed E-state index contributed by atoms with van der Waals surface area (Å²) < 4.78 is 68.9. The standard InChI is InChI=1S/C29H23ClF4N4O5/c30-17-2-1-16(21(31)10-17)14-43-24-11-19-15(9-20(24)29(32,33)34)5-7-37(27(19)39)13-25-35-22-3-4-23(28(40)41)36-26(22)38(25)12-18-6-8-42-18/h1-4,9-11,18H,5-8,12-14H2,(H,40,41)/t18-/m0/s1. The third-order valence-corrected chi connectivity index (χ3v) is 7.72. The highest BCUT2D eigenvalue weighted by atomic mass is 35.5. The molecule has 6 rings (SSSR count). The summed E-state index contributed by atoms with van der Waals surface area (Å²) in [6.07, 6.45) is -3.98. The van der Waals surface area contributed by atoms with Crippen LogP contribution in [-0.2, 0) is 37.0 Å². The molecular formula is C29H23ClF4N4O5. The number of rotatable bonds is 8. The van der Waals surface area contributed by atoms with Crippen LogP contribution in [0.4, 0.5) is 17.6 Å². The molecule has 2 aromatic carbocycles. The number of hydrogen-bond acceptors (Lipinski definition) is 6. The SMILES string of the molecule is O=C(O)c1ccc2nc(CN3CCc4cc(C(F)(F)F)c(OCc5ccc(Cl)cc5F)cc4C3=O)n(C[C@@H]3CCO3)c2n1. The van der Waals surface area contributed by atoms with Gasteiger partial charge < -0.3 is 24.0 Å². The minimum absolute atomic E-state index is 0.00259. The smallest absolute Gasteiger partial charge is 0.419 e. The lowest BCUT2D eigenvalue weighted by Gasteiger charge is -2.31. The number of carboxylic acid groups (broad SMARTS) is 1. The number of halogens is 5. The molecule has 1 fully saturated rings. The molecule has 1 N–H and O–H groups in total. The van der Waals surface area contributed by atoms with Crippen LogP contribution in [0.5, 0.6) is 5.75 Å². The molecular weight excluding hydrogens is 596 g/mol. The van der Waals surface area contributed by atoms with Gasteiger partial charge in [0.25, 0.3) is 5.91 Å². The van der Waals surface area contributed by atoms with Crippen molar-refractivity contribution in [2.45, 2.75) is 44.8 Å². The lowest BCUT2D eigenvalue weighted by atomic mass is 9.95. The third kappa shape index (κ3) is 5.74. The Kier molecular flexibility index (Phi) is 7.46. The molecule has 2 aliphatic rings. The van der Waals surface area contributed by atoms with Crippen molar-refractivity contribution < 1.29 is 41.7 Å². The zero-order valence-corrected chi connectivity index (χ0v) is 23.1. The number of amides is 1. The van der Waals surface area contributed by atoms with Crippen molar-refractivity contribution in [3.05, 3.63) is 87.1 Å². The van der Waals surface area contributed by atoms with Gasteiger partial charge in [-0.25, -0.2) is 19.2 Å². The first-order valence-corrected chi connectivity index (χ1v) is 13.7. The van der Waals surface area contributed by atoms with Gasteiger partial charge in [-0.3, -0.25) is 4.79 Å². The first kappa shape index (κ1) is 28.9. The first-order chi connectivity index (χ1) is 20.5. The molecule has 0 unspecified atom stereocenters. The van der Waals surface area contributed by atoms with Crippen LogP contribution in [0.1, 0.15) is 49.8 Å². The normalized spacial score (nSPS) is 16.7. The van der Waals surface area contributed by atoms with E-state index in [1.165, 1.54) is 29.2 Å². The van der Waals surface area contributed by atoms with Crippen molar-refractivity contribution >= 4 is 34.6 Å². The topological polar surface area (TPSA) is 107 Å². The number of alkyl halides is 3. The Labute approximate surface area is 246 Å². The lowest BCUT2D eigenvalue weighted by molar-refractivity contribution is -0.139. The van der Waals surface area contributed by atoms with E-state index in [-0.39, 0.29) is 53.0 Å². The largest absolute Gasteiger partial charge is 0.488 e. The number of imidazole rings is 1. The molecule has 1 amide bonds. The molecule has 1 atom stereocenters. The summed E-state index contributed by atoms with van der Waals surface area (Å²) in [6, 6.07) is 8.55. The van der Waals surface area contributed by atoms with Gasteiger partial charge in [0.15, 0.2) is 11.3 Å². The number of fused-ring (bicyclic) bond motifs is 2. The van der Waals surface area contributed by atoms with Crippen LogP contribution in [0.25, 0.3) is 11.2 Å². The summed E-state index contributed by atoms with van der Waals surface area (Å²) in [5.41, 5.74) is -0.227. The zero-order chi connectivity index (χ0) is 30.5. The van der Waals surface area contributed by atoms with Gasteiger partial charge in [-0.05, 0) is 54.8 Å². The molecule has 4 aromatic rings. The molecule has 0 radical (unpaired) electrons. The van der Waals surface area contributed by atoms with E-state index in [0.29, 0.717) is 30.1 Å². The number of hydrogen-bond donors (Lipinski definition) is 1. The Balaban J connectivity index is 1.31. The Morgan fingerprint density at radius 2 is 1.95 bits per heavy atom. The maximum absolute atomic E-state index is 14.3. The number of pyridine rings is 1. The summed E-state index contributed by atoms with van der Waals surface area (Å²) in [6.45, 7) is 0.542. The summed E-state index contributed by atoms with van der Waals surface area (Å²) in [5, 5.41) is 9.54. The highest BCUT2D eigenvalue weighted by Gasteiger charge is 2.38. The number of nitrogens with zero attached hydrogens (tertiary/aromatic N) is 4. The molecule has 4 heterocycles. The van der Waals surface area contributed by atoms with Crippen LogP contribution >= 0.6 is 11.6 Å². The number of aromatic carboxylic acids is 1. The number of carboxylic acids is 1. The van der Waals surface area contributed by atoms with E-state index in [1.807, 2.05) is 0 Å². The van der Waals surface area contributed by atoms with Gasteiger partial charge in [-0.1, -0.05) is 17.7 Å². The Bertz CT molecular complexity index is 1760. The zero-order valence-electron chi connectivity index (χ0n) is 22.3. The second-order valence-electron chi connectivity index (χ2n) is 10.3. The first-order valence-electron chi connectivity index (χ1n) is 13.3. The lowest BCUT2D eigenvalue weighted by Crippen LogP contribution is -2.38. The van der Waals surface area contributed by atoms with E-state index in [9.17, 15) is 32.3 Å². The summed E-state index contributed by atoms with van der Waals surface area (Å²) in [5.74, 6) is -2.64. The van der Waals surface area contributed by atoms with Gasteiger partial charge >= 0.3 is 12.1 Å². The Morgan fingerprint density at radius 1 is 1.16 bits per heavy atom. The Hall–Kier alpha value is -4.23. The van der Waals surface area contributed by atoms with Crippen molar-refractivity contribution in [1.82, 2.24) is 19.4 Å². The van der Waals surface area contributed by atoms with Crippen molar-refractivity contribution in [3.63, 3.8) is 0 Å². The van der Waals surface area contributed by atoms with E-state index < -0.39 is 41.8 Å². The van der Waals surface area contributed by atoms with Crippen LogP contribution < -0.4 is 4.74 Å². The second-order valence-corrected chi connectivity index (χ2v) is 10.7. The van der Waals surface area contributed by atoms with Gasteiger partial charge in [-0.15, -0.1) is 0 Å². The number of carbonyl (C=O) groups is 2. The maximum atomic E-state index is 14.3. The molecule has 0 bridgehead atoms. The molecule has 2 aromatic heterocycles. The molecule has 14 heteroatoms. The minimum atomic E-state index is -4.78.